The minimum Gasteiger partial charge on any atom is -0.458 e. The lowest BCUT2D eigenvalue weighted by Gasteiger charge is -2.54. The molecule has 0 bridgehead atoms. The van der Waals surface area contributed by atoms with E-state index in [0.717, 1.165) is 5.57 Å². The number of allylic oxidation sites excluding steroid dienone is 6. The number of ether oxygens (including phenoxy) is 1. The molecule has 0 heterocycles. The molecule has 4 aliphatic carbocycles. The average Bonchev–Trinajstić information content (AvgIpc) is 2.89. The van der Waals surface area contributed by atoms with Crippen LogP contribution in [0.2, 0.25) is 0 Å². The first kappa shape index (κ1) is 21.1. The fraction of sp³-hybridized carbons (Fsp3) is 0.609. The SMILES string of the molecule is CC(=O)OCC(=O)[C@@]1(O)[C@H](O)C[C@H]2[C@@H]3C[C@@H](F)C4=CC(=O)C=C[C@]4(C)C3=CC[C@@]21C. The molecule has 0 aromatic heterocycles. The van der Waals surface area contributed by atoms with Crippen molar-refractivity contribution in [1.82, 2.24) is 0 Å². The van der Waals surface area contributed by atoms with Crippen LogP contribution in [-0.2, 0) is 19.1 Å². The van der Waals surface area contributed by atoms with E-state index >= 15 is 4.39 Å². The highest BCUT2D eigenvalue weighted by Crippen LogP contribution is 2.65. The molecule has 4 rings (SSSR count). The van der Waals surface area contributed by atoms with Crippen LogP contribution < -0.4 is 0 Å². The van der Waals surface area contributed by atoms with E-state index in [4.69, 9.17) is 4.74 Å². The van der Waals surface area contributed by atoms with Crippen LogP contribution in [0.25, 0.3) is 0 Å². The van der Waals surface area contributed by atoms with Gasteiger partial charge in [-0.3, -0.25) is 14.4 Å². The molecule has 0 unspecified atom stereocenters. The number of hydrogen-bond donors (Lipinski definition) is 2. The highest BCUT2D eigenvalue weighted by atomic mass is 19.1. The van der Waals surface area contributed by atoms with E-state index < -0.39 is 47.1 Å². The predicted octanol–water partition coefficient (Wildman–Crippen LogP) is 2.00. The van der Waals surface area contributed by atoms with Crippen molar-refractivity contribution < 1.29 is 33.7 Å². The van der Waals surface area contributed by atoms with E-state index in [1.807, 2.05) is 13.0 Å². The first-order valence-corrected chi connectivity index (χ1v) is 10.3. The monoisotopic (exact) mass is 418 g/mol. The van der Waals surface area contributed by atoms with Crippen LogP contribution in [0.1, 0.15) is 40.0 Å². The smallest absolute Gasteiger partial charge is 0.303 e. The Kier molecular flexibility index (Phi) is 4.71. The van der Waals surface area contributed by atoms with Crippen molar-refractivity contribution in [3.63, 3.8) is 0 Å². The molecular weight excluding hydrogens is 391 g/mol. The standard InChI is InChI=1S/C23H27FO6/c1-12(25)30-11-20(28)23(29)19(27)10-16-14-9-18(24)17-8-13(26)4-6-21(17,2)15(14)5-7-22(16,23)3/h4-6,8,14,16,18-19,27,29H,7,9-11H2,1-3H3/t14-,16+,18-,19-,21-,22+,23+/m1/s1. The summed E-state index contributed by atoms with van der Waals surface area (Å²) in [6.45, 7) is 4.18. The molecule has 2 N–H and O–H groups in total. The third-order valence-corrected chi connectivity index (χ3v) is 7.99. The molecule has 4 aliphatic rings. The largest absolute Gasteiger partial charge is 0.458 e. The number of carbonyl (C=O) groups excluding carboxylic acids is 3. The van der Waals surface area contributed by atoms with Gasteiger partial charge < -0.3 is 14.9 Å². The molecule has 6 nitrogen and oxygen atoms in total. The summed E-state index contributed by atoms with van der Waals surface area (Å²) >= 11 is 0. The summed E-state index contributed by atoms with van der Waals surface area (Å²) in [6, 6.07) is 0. The maximum Gasteiger partial charge on any atom is 0.303 e. The molecule has 30 heavy (non-hydrogen) atoms. The first-order valence-electron chi connectivity index (χ1n) is 10.3. The number of Topliss-reactive ketones (excluding diaryl/α,β-unsaturated/α-hetero) is 1. The van der Waals surface area contributed by atoms with Gasteiger partial charge in [-0.25, -0.2) is 4.39 Å². The lowest BCUT2D eigenvalue weighted by atomic mass is 9.51. The Morgan fingerprint density at radius 2 is 1.97 bits per heavy atom. The van der Waals surface area contributed by atoms with Crippen LogP contribution in [0.5, 0.6) is 0 Å². The number of halogens is 1. The van der Waals surface area contributed by atoms with Crippen molar-refractivity contribution in [1.29, 1.82) is 0 Å². The van der Waals surface area contributed by atoms with Crippen LogP contribution in [-0.4, -0.2) is 52.2 Å². The van der Waals surface area contributed by atoms with Gasteiger partial charge in [0.1, 0.15) is 6.17 Å². The highest BCUT2D eigenvalue weighted by Gasteiger charge is 2.69. The summed E-state index contributed by atoms with van der Waals surface area (Å²) in [6.07, 6.45) is 4.43. The fourth-order valence-corrected chi connectivity index (χ4v) is 6.33. The number of carbonyl (C=O) groups is 3. The molecule has 0 aliphatic heterocycles. The second-order valence-corrected chi connectivity index (χ2v) is 9.46. The third-order valence-electron chi connectivity index (χ3n) is 7.99. The Morgan fingerprint density at radius 1 is 1.27 bits per heavy atom. The number of ketones is 2. The van der Waals surface area contributed by atoms with Gasteiger partial charge in [0.15, 0.2) is 18.0 Å². The summed E-state index contributed by atoms with van der Waals surface area (Å²) in [7, 11) is 0. The molecule has 0 radical (unpaired) electrons. The molecule has 0 aromatic rings. The molecule has 7 heteroatoms. The minimum absolute atomic E-state index is 0.134. The van der Waals surface area contributed by atoms with Crippen molar-refractivity contribution in [2.45, 2.75) is 57.9 Å². The van der Waals surface area contributed by atoms with Crippen molar-refractivity contribution in [2.24, 2.45) is 22.7 Å². The lowest BCUT2D eigenvalue weighted by Crippen LogP contribution is -2.60. The molecule has 162 valence electrons. The highest BCUT2D eigenvalue weighted by molar-refractivity contribution is 6.01. The summed E-state index contributed by atoms with van der Waals surface area (Å²) in [4.78, 5) is 35.8. The molecule has 0 aromatic carbocycles. The van der Waals surface area contributed by atoms with Gasteiger partial charge in [0.05, 0.1) is 6.10 Å². The molecular formula is C23H27FO6. The Balaban J connectivity index is 1.74. The number of aliphatic hydroxyl groups is 2. The van der Waals surface area contributed by atoms with Gasteiger partial charge in [0.25, 0.3) is 0 Å². The second-order valence-electron chi connectivity index (χ2n) is 9.46. The van der Waals surface area contributed by atoms with Crippen molar-refractivity contribution in [3.05, 3.63) is 35.5 Å². The summed E-state index contributed by atoms with van der Waals surface area (Å²) < 4.78 is 20.0. The molecule has 0 saturated heterocycles. The van der Waals surface area contributed by atoms with Crippen molar-refractivity contribution in [3.8, 4) is 0 Å². The van der Waals surface area contributed by atoms with Gasteiger partial charge in [-0.05, 0) is 55.7 Å². The third kappa shape index (κ3) is 2.64. The van der Waals surface area contributed by atoms with E-state index in [9.17, 15) is 24.6 Å². The Morgan fingerprint density at radius 3 is 2.63 bits per heavy atom. The van der Waals surface area contributed by atoms with Gasteiger partial charge in [-0.1, -0.05) is 24.6 Å². The quantitative estimate of drug-likeness (QED) is 0.537. The van der Waals surface area contributed by atoms with Crippen molar-refractivity contribution >= 4 is 17.5 Å². The number of alkyl halides is 1. The van der Waals surface area contributed by atoms with Crippen molar-refractivity contribution in [2.75, 3.05) is 6.61 Å². The molecule has 2 fully saturated rings. The Labute approximate surface area is 174 Å². The van der Waals surface area contributed by atoms with Gasteiger partial charge in [0.2, 0.25) is 5.78 Å². The van der Waals surface area contributed by atoms with E-state index in [1.165, 1.54) is 19.1 Å². The van der Waals surface area contributed by atoms with Gasteiger partial charge >= 0.3 is 5.97 Å². The number of hydrogen-bond acceptors (Lipinski definition) is 6. The molecule has 7 atom stereocenters. The maximum atomic E-state index is 15.2. The Hall–Kier alpha value is -2.12. The number of rotatable bonds is 3. The van der Waals surface area contributed by atoms with Crippen LogP contribution in [0.15, 0.2) is 35.5 Å². The molecule has 0 amide bonds. The van der Waals surface area contributed by atoms with Crippen LogP contribution in [0, 0.1) is 22.7 Å². The minimum atomic E-state index is -2.09. The van der Waals surface area contributed by atoms with Gasteiger partial charge in [-0.2, -0.15) is 0 Å². The number of fused-ring (bicyclic) bond motifs is 5. The summed E-state index contributed by atoms with van der Waals surface area (Å²) in [5.74, 6) is -2.24. The molecule has 0 spiro atoms. The average molecular weight is 418 g/mol. The van der Waals surface area contributed by atoms with E-state index in [0.29, 0.717) is 12.0 Å². The Bertz CT molecular complexity index is 919. The van der Waals surface area contributed by atoms with E-state index in [-0.39, 0.29) is 30.5 Å². The zero-order valence-corrected chi connectivity index (χ0v) is 17.4. The van der Waals surface area contributed by atoms with Gasteiger partial charge in [-0.15, -0.1) is 0 Å². The summed E-state index contributed by atoms with van der Waals surface area (Å²) in [5, 5.41) is 22.2. The van der Waals surface area contributed by atoms with Gasteiger partial charge in [0, 0.05) is 17.8 Å². The van der Waals surface area contributed by atoms with Crippen LogP contribution >= 0.6 is 0 Å². The normalized spacial score (nSPS) is 44.4. The first-order chi connectivity index (χ1) is 13.9. The number of esters is 1. The van der Waals surface area contributed by atoms with Crippen LogP contribution in [0.3, 0.4) is 0 Å². The van der Waals surface area contributed by atoms with Crippen LogP contribution in [0.4, 0.5) is 4.39 Å². The van der Waals surface area contributed by atoms with E-state index in [1.54, 1.807) is 13.0 Å². The maximum absolute atomic E-state index is 15.2. The second kappa shape index (κ2) is 6.69. The lowest BCUT2D eigenvalue weighted by molar-refractivity contribution is -0.174. The number of aliphatic hydroxyl groups excluding tert-OH is 1. The summed E-state index contributed by atoms with van der Waals surface area (Å²) in [5.41, 5.74) is -2.43. The topological polar surface area (TPSA) is 101 Å². The fourth-order valence-electron chi connectivity index (χ4n) is 6.33. The predicted molar refractivity (Wildman–Crippen MR) is 105 cm³/mol. The molecule has 2 saturated carbocycles. The van der Waals surface area contributed by atoms with E-state index in [2.05, 4.69) is 0 Å². The zero-order chi connectivity index (χ0) is 22.1. The zero-order valence-electron chi connectivity index (χ0n) is 17.4.